The average Bonchev–Trinajstić information content (AvgIpc) is 2.71. The summed E-state index contributed by atoms with van der Waals surface area (Å²) in [6.07, 6.45) is 0.980. The Balaban J connectivity index is 1.65. The minimum absolute atomic E-state index is 0.0439. The van der Waals surface area contributed by atoms with Gasteiger partial charge in [-0.2, -0.15) is 0 Å². The van der Waals surface area contributed by atoms with Gasteiger partial charge in [-0.1, -0.05) is 11.6 Å². The fraction of sp³-hybridized carbons (Fsp3) is 0.286. The smallest absolute Gasteiger partial charge is 0.223 e. The van der Waals surface area contributed by atoms with Crippen LogP contribution >= 0.6 is 11.6 Å². The number of aromatic nitrogens is 1. The van der Waals surface area contributed by atoms with Crippen LogP contribution in [0.25, 0.3) is 0 Å². The molecular weight excluding hydrogens is 400 g/mol. The first-order valence-electron chi connectivity index (χ1n) is 9.21. The first kappa shape index (κ1) is 19.7. The van der Waals surface area contributed by atoms with Gasteiger partial charge in [-0.25, -0.2) is 8.78 Å². The standard InChI is InChI=1S/C21H18ClF2N3O2/c1-26-5-7-27(8-6-26)12-9-16(23)14(17(24)10-12)11-15-18(22)21(29)19-13(20(15)28)3-2-4-25-19/h2-4,9-10H,5-8,11H2,1H3. The third kappa shape index (κ3) is 3.56. The van der Waals surface area contributed by atoms with Gasteiger partial charge in [0.25, 0.3) is 0 Å². The number of ketones is 2. The quantitative estimate of drug-likeness (QED) is 0.767. The van der Waals surface area contributed by atoms with E-state index in [9.17, 15) is 18.4 Å². The molecule has 0 saturated carbocycles. The normalized spacial score (nSPS) is 17.7. The predicted octanol–water partition coefficient (Wildman–Crippen LogP) is 3.23. The maximum Gasteiger partial charge on any atom is 0.223 e. The summed E-state index contributed by atoms with van der Waals surface area (Å²) in [6, 6.07) is 5.51. The Hall–Kier alpha value is -2.64. The molecule has 2 aromatic rings. The summed E-state index contributed by atoms with van der Waals surface area (Å²) in [4.78, 5) is 33.1. The first-order valence-corrected chi connectivity index (χ1v) is 9.59. The molecule has 150 valence electrons. The highest BCUT2D eigenvalue weighted by atomic mass is 35.5. The Bertz CT molecular complexity index is 1020. The molecule has 29 heavy (non-hydrogen) atoms. The largest absolute Gasteiger partial charge is 0.369 e. The van der Waals surface area contributed by atoms with Crippen molar-refractivity contribution in [2.24, 2.45) is 0 Å². The molecule has 1 fully saturated rings. The zero-order chi connectivity index (χ0) is 20.7. The molecule has 0 unspecified atom stereocenters. The van der Waals surface area contributed by atoms with E-state index in [0.717, 1.165) is 13.1 Å². The second-order valence-electron chi connectivity index (χ2n) is 7.21. The van der Waals surface area contributed by atoms with Gasteiger partial charge >= 0.3 is 0 Å². The van der Waals surface area contributed by atoms with E-state index < -0.39 is 29.6 Å². The molecule has 2 aliphatic rings. The first-order chi connectivity index (χ1) is 13.9. The van der Waals surface area contributed by atoms with E-state index in [0.29, 0.717) is 18.8 Å². The van der Waals surface area contributed by atoms with E-state index in [1.54, 1.807) is 0 Å². The molecule has 0 amide bonds. The number of benzene rings is 1. The minimum Gasteiger partial charge on any atom is -0.369 e. The number of Topliss-reactive ketones (excluding diaryl/α,β-unsaturated/α-hetero) is 2. The maximum atomic E-state index is 14.8. The van der Waals surface area contributed by atoms with Crippen LogP contribution in [0.4, 0.5) is 14.5 Å². The Morgan fingerprint density at radius 2 is 1.72 bits per heavy atom. The second-order valence-corrected chi connectivity index (χ2v) is 7.58. The van der Waals surface area contributed by atoms with Crippen LogP contribution in [0.2, 0.25) is 0 Å². The Kier molecular flexibility index (Phi) is 5.19. The molecule has 1 aliphatic heterocycles. The van der Waals surface area contributed by atoms with E-state index in [1.807, 2.05) is 11.9 Å². The third-order valence-electron chi connectivity index (χ3n) is 5.35. The SMILES string of the molecule is CN1CCN(c2cc(F)c(CC3=C(Cl)C(=O)c4ncccc4C3=O)c(F)c2)CC1. The second kappa shape index (κ2) is 7.65. The Morgan fingerprint density at radius 1 is 1.07 bits per heavy atom. The predicted molar refractivity (Wildman–Crippen MR) is 106 cm³/mol. The van der Waals surface area contributed by atoms with E-state index in [1.165, 1.54) is 30.5 Å². The minimum atomic E-state index is -0.770. The number of pyridine rings is 1. The van der Waals surface area contributed by atoms with Crippen molar-refractivity contribution in [3.8, 4) is 0 Å². The molecule has 1 aliphatic carbocycles. The molecule has 5 nitrogen and oxygen atoms in total. The summed E-state index contributed by atoms with van der Waals surface area (Å²) < 4.78 is 29.6. The number of carbonyl (C=O) groups excluding carboxylic acids is 2. The van der Waals surface area contributed by atoms with Crippen LogP contribution in [-0.2, 0) is 6.42 Å². The van der Waals surface area contributed by atoms with Crippen molar-refractivity contribution < 1.29 is 18.4 Å². The van der Waals surface area contributed by atoms with E-state index in [-0.39, 0.29) is 27.4 Å². The summed E-state index contributed by atoms with van der Waals surface area (Å²) >= 11 is 6.09. The third-order valence-corrected chi connectivity index (χ3v) is 5.75. The molecule has 1 aromatic heterocycles. The lowest BCUT2D eigenvalue weighted by Crippen LogP contribution is -2.44. The van der Waals surface area contributed by atoms with Gasteiger partial charge in [0.2, 0.25) is 5.78 Å². The van der Waals surface area contributed by atoms with Crippen molar-refractivity contribution in [3.05, 3.63) is 69.5 Å². The van der Waals surface area contributed by atoms with Gasteiger partial charge < -0.3 is 9.80 Å². The summed E-state index contributed by atoms with van der Waals surface area (Å²) in [5.41, 5.74) is 0.0914. The molecule has 2 heterocycles. The Morgan fingerprint density at radius 3 is 2.38 bits per heavy atom. The van der Waals surface area contributed by atoms with Gasteiger partial charge in [-0.3, -0.25) is 14.6 Å². The lowest BCUT2D eigenvalue weighted by atomic mass is 9.89. The Labute approximate surface area is 171 Å². The molecule has 0 atom stereocenters. The summed E-state index contributed by atoms with van der Waals surface area (Å²) in [6.45, 7) is 2.94. The number of allylic oxidation sites excluding steroid dienone is 2. The van der Waals surface area contributed by atoms with E-state index in [4.69, 9.17) is 11.6 Å². The number of halogens is 3. The zero-order valence-electron chi connectivity index (χ0n) is 15.7. The zero-order valence-corrected chi connectivity index (χ0v) is 16.5. The van der Waals surface area contributed by atoms with Crippen molar-refractivity contribution in [2.45, 2.75) is 6.42 Å². The van der Waals surface area contributed by atoms with Gasteiger partial charge in [0, 0.05) is 55.6 Å². The summed E-state index contributed by atoms with van der Waals surface area (Å²) in [7, 11) is 2.00. The number of carbonyl (C=O) groups is 2. The number of nitrogens with zero attached hydrogens (tertiary/aromatic N) is 3. The van der Waals surface area contributed by atoms with Gasteiger partial charge in [0.05, 0.1) is 10.6 Å². The molecule has 4 rings (SSSR count). The van der Waals surface area contributed by atoms with Gasteiger partial charge in [0.15, 0.2) is 5.78 Å². The van der Waals surface area contributed by atoms with Crippen molar-refractivity contribution in [2.75, 3.05) is 38.1 Å². The van der Waals surface area contributed by atoms with Gasteiger partial charge in [-0.15, -0.1) is 0 Å². The highest BCUT2D eigenvalue weighted by Crippen LogP contribution is 2.32. The van der Waals surface area contributed by atoms with Crippen molar-refractivity contribution in [1.29, 1.82) is 0 Å². The molecule has 0 spiro atoms. The lowest BCUT2D eigenvalue weighted by Gasteiger charge is -2.34. The van der Waals surface area contributed by atoms with E-state index >= 15 is 0 Å². The molecule has 0 bridgehead atoms. The topological polar surface area (TPSA) is 53.5 Å². The number of fused-ring (bicyclic) bond motifs is 1. The van der Waals surface area contributed by atoms with Gasteiger partial charge in [0.1, 0.15) is 17.3 Å². The number of rotatable bonds is 3. The van der Waals surface area contributed by atoms with Crippen molar-refractivity contribution in [1.82, 2.24) is 9.88 Å². The maximum absolute atomic E-state index is 14.8. The number of hydrogen-bond acceptors (Lipinski definition) is 5. The number of anilines is 1. The molecule has 1 aromatic carbocycles. The van der Waals surface area contributed by atoms with Gasteiger partial charge in [-0.05, 0) is 31.3 Å². The van der Waals surface area contributed by atoms with Crippen LogP contribution in [0.3, 0.4) is 0 Å². The van der Waals surface area contributed by atoms with Crippen LogP contribution in [0.5, 0.6) is 0 Å². The van der Waals surface area contributed by atoms with Crippen LogP contribution in [0.1, 0.15) is 26.4 Å². The number of hydrogen-bond donors (Lipinski definition) is 0. The van der Waals surface area contributed by atoms with Crippen LogP contribution in [-0.4, -0.2) is 54.7 Å². The molecular formula is C21H18ClF2N3O2. The fourth-order valence-electron chi connectivity index (χ4n) is 3.61. The molecule has 1 saturated heterocycles. The highest BCUT2D eigenvalue weighted by Gasteiger charge is 2.33. The number of likely N-dealkylation sites (N-methyl/N-ethyl adjacent to an activating group) is 1. The summed E-state index contributed by atoms with van der Waals surface area (Å²) in [5, 5.41) is -0.344. The van der Waals surface area contributed by atoms with Crippen LogP contribution < -0.4 is 4.90 Å². The van der Waals surface area contributed by atoms with Crippen LogP contribution in [0, 0.1) is 11.6 Å². The fourth-order valence-corrected chi connectivity index (χ4v) is 3.86. The molecule has 0 radical (unpaired) electrons. The lowest BCUT2D eigenvalue weighted by molar-refractivity contribution is 0.0975. The van der Waals surface area contributed by atoms with E-state index in [2.05, 4.69) is 9.88 Å². The van der Waals surface area contributed by atoms with Crippen LogP contribution in [0.15, 0.2) is 41.1 Å². The molecule has 8 heteroatoms. The molecule has 0 N–H and O–H groups in total. The van der Waals surface area contributed by atoms with Crippen molar-refractivity contribution >= 4 is 28.9 Å². The number of piperazine rings is 1. The highest BCUT2D eigenvalue weighted by molar-refractivity contribution is 6.49. The summed E-state index contributed by atoms with van der Waals surface area (Å²) in [5.74, 6) is -2.70. The monoisotopic (exact) mass is 417 g/mol. The average molecular weight is 418 g/mol. The van der Waals surface area contributed by atoms with Crippen molar-refractivity contribution in [3.63, 3.8) is 0 Å².